The number of ether oxygens (including phenoxy) is 2. The molecule has 3 fully saturated rings. The third-order valence-corrected chi connectivity index (χ3v) is 4.19. The fraction of sp³-hybridized carbons (Fsp3) is 1.00. The summed E-state index contributed by atoms with van der Waals surface area (Å²) in [5, 5.41) is 0. The topological polar surface area (TPSA) is 25.1 Å². The number of hydrogen-bond donors (Lipinski definition) is 0. The van der Waals surface area contributed by atoms with Crippen LogP contribution in [-0.2, 0) is 9.47 Å². The molecule has 68 valence electrons. The second-order valence-electron chi connectivity index (χ2n) is 4.83. The van der Waals surface area contributed by atoms with Crippen molar-refractivity contribution >= 4 is 0 Å². The SMILES string of the molecule is CC1OC1CCC1C2(C)OC12C. The molecule has 2 heterocycles. The number of epoxide rings is 2. The predicted octanol–water partition coefficient (Wildman–Crippen LogP) is 1.73. The molecule has 0 aromatic rings. The van der Waals surface area contributed by atoms with E-state index in [9.17, 15) is 0 Å². The monoisotopic (exact) mass is 168 g/mol. The lowest BCUT2D eigenvalue weighted by Gasteiger charge is -2.07. The molecule has 1 aliphatic carbocycles. The molecule has 0 N–H and O–H groups in total. The molecule has 4 unspecified atom stereocenters. The zero-order valence-electron chi connectivity index (χ0n) is 7.96. The fourth-order valence-corrected chi connectivity index (χ4v) is 2.75. The summed E-state index contributed by atoms with van der Waals surface area (Å²) in [6.45, 7) is 6.61. The quantitative estimate of drug-likeness (QED) is 0.599. The van der Waals surface area contributed by atoms with Gasteiger partial charge in [-0.25, -0.2) is 0 Å². The molecule has 2 heteroatoms. The van der Waals surface area contributed by atoms with E-state index in [4.69, 9.17) is 9.47 Å². The highest BCUT2D eigenvalue weighted by Crippen LogP contribution is 2.76. The summed E-state index contributed by atoms with van der Waals surface area (Å²) in [5.74, 6) is 0.821. The second-order valence-corrected chi connectivity index (χ2v) is 4.83. The van der Waals surface area contributed by atoms with Gasteiger partial charge in [-0.1, -0.05) is 0 Å². The maximum atomic E-state index is 5.53. The van der Waals surface area contributed by atoms with Gasteiger partial charge in [0.15, 0.2) is 0 Å². The van der Waals surface area contributed by atoms with Crippen molar-refractivity contribution in [2.45, 2.75) is 57.0 Å². The van der Waals surface area contributed by atoms with Crippen LogP contribution in [0.5, 0.6) is 0 Å². The summed E-state index contributed by atoms with van der Waals surface area (Å²) >= 11 is 0. The predicted molar refractivity (Wildman–Crippen MR) is 45.0 cm³/mol. The Bertz CT molecular complexity index is 226. The Labute approximate surface area is 73.2 Å². The molecule has 0 bridgehead atoms. The van der Waals surface area contributed by atoms with Crippen molar-refractivity contribution < 1.29 is 9.47 Å². The Kier molecular flexibility index (Phi) is 1.06. The summed E-state index contributed by atoms with van der Waals surface area (Å²) in [6.07, 6.45) is 3.63. The van der Waals surface area contributed by atoms with Crippen molar-refractivity contribution in [1.29, 1.82) is 0 Å². The van der Waals surface area contributed by atoms with Crippen LogP contribution in [0.1, 0.15) is 33.6 Å². The number of rotatable bonds is 3. The Hall–Kier alpha value is -0.0800. The molecule has 0 aromatic carbocycles. The van der Waals surface area contributed by atoms with E-state index in [1.165, 1.54) is 12.8 Å². The fourth-order valence-electron chi connectivity index (χ4n) is 2.75. The molecule has 3 rings (SSSR count). The summed E-state index contributed by atoms with van der Waals surface area (Å²) < 4.78 is 10.9. The molecule has 0 aromatic heterocycles. The van der Waals surface area contributed by atoms with Gasteiger partial charge in [0.2, 0.25) is 0 Å². The highest BCUT2D eigenvalue weighted by molar-refractivity contribution is 5.35. The number of hydrogen-bond acceptors (Lipinski definition) is 2. The van der Waals surface area contributed by atoms with Crippen LogP contribution < -0.4 is 0 Å². The van der Waals surface area contributed by atoms with Gasteiger partial charge < -0.3 is 9.47 Å². The molecule has 3 aliphatic rings. The van der Waals surface area contributed by atoms with Crippen LogP contribution >= 0.6 is 0 Å². The van der Waals surface area contributed by atoms with E-state index in [2.05, 4.69) is 20.8 Å². The number of fused-ring (bicyclic) bond motifs is 1. The van der Waals surface area contributed by atoms with Crippen molar-refractivity contribution in [2.75, 3.05) is 0 Å². The molecular weight excluding hydrogens is 152 g/mol. The van der Waals surface area contributed by atoms with Crippen molar-refractivity contribution in [2.24, 2.45) is 5.92 Å². The van der Waals surface area contributed by atoms with Crippen LogP contribution in [0.25, 0.3) is 0 Å². The average Bonchev–Trinajstić information content (AvgIpc) is 2.83. The molecule has 4 atom stereocenters. The molecule has 2 nitrogen and oxygen atoms in total. The Morgan fingerprint density at radius 1 is 1.17 bits per heavy atom. The van der Waals surface area contributed by atoms with E-state index in [1.54, 1.807) is 0 Å². The maximum Gasteiger partial charge on any atom is 0.101 e. The van der Waals surface area contributed by atoms with Gasteiger partial charge in [-0.05, 0) is 33.6 Å². The van der Waals surface area contributed by atoms with E-state index in [0.717, 1.165) is 5.92 Å². The third-order valence-electron chi connectivity index (χ3n) is 4.19. The molecule has 0 amide bonds. The van der Waals surface area contributed by atoms with Gasteiger partial charge in [-0.2, -0.15) is 0 Å². The lowest BCUT2D eigenvalue weighted by atomic mass is 10.1. The lowest BCUT2D eigenvalue weighted by molar-refractivity contribution is 0.117. The van der Waals surface area contributed by atoms with Crippen molar-refractivity contribution in [3.8, 4) is 0 Å². The van der Waals surface area contributed by atoms with Gasteiger partial charge >= 0.3 is 0 Å². The smallest absolute Gasteiger partial charge is 0.101 e. The lowest BCUT2D eigenvalue weighted by Crippen LogP contribution is -2.08. The first-order chi connectivity index (χ1) is 5.58. The van der Waals surface area contributed by atoms with Gasteiger partial charge in [-0.3, -0.25) is 0 Å². The highest BCUT2D eigenvalue weighted by Gasteiger charge is 2.88. The van der Waals surface area contributed by atoms with Crippen LogP contribution in [0.4, 0.5) is 0 Å². The zero-order chi connectivity index (χ0) is 8.56. The average molecular weight is 168 g/mol. The minimum Gasteiger partial charge on any atom is -0.370 e. The van der Waals surface area contributed by atoms with E-state index in [-0.39, 0.29) is 11.2 Å². The Morgan fingerprint density at radius 2 is 1.75 bits per heavy atom. The molecule has 0 radical (unpaired) electrons. The summed E-state index contributed by atoms with van der Waals surface area (Å²) in [4.78, 5) is 0. The molecular formula is C10H16O2. The zero-order valence-corrected chi connectivity index (χ0v) is 7.96. The minimum absolute atomic E-state index is 0.269. The summed E-state index contributed by atoms with van der Waals surface area (Å²) in [7, 11) is 0. The largest absolute Gasteiger partial charge is 0.370 e. The van der Waals surface area contributed by atoms with Crippen molar-refractivity contribution in [3.63, 3.8) is 0 Å². The van der Waals surface area contributed by atoms with Gasteiger partial charge in [0.05, 0.1) is 12.2 Å². The molecule has 2 saturated heterocycles. The van der Waals surface area contributed by atoms with Gasteiger partial charge in [0.1, 0.15) is 11.2 Å². The maximum absolute atomic E-state index is 5.53. The molecule has 2 aliphatic heterocycles. The third kappa shape index (κ3) is 0.686. The van der Waals surface area contributed by atoms with Crippen molar-refractivity contribution in [3.05, 3.63) is 0 Å². The van der Waals surface area contributed by atoms with E-state index >= 15 is 0 Å². The van der Waals surface area contributed by atoms with Crippen LogP contribution in [-0.4, -0.2) is 23.4 Å². The normalized spacial score (nSPS) is 65.8. The van der Waals surface area contributed by atoms with Crippen LogP contribution in [0.3, 0.4) is 0 Å². The van der Waals surface area contributed by atoms with E-state index in [0.29, 0.717) is 12.2 Å². The van der Waals surface area contributed by atoms with Crippen LogP contribution in [0, 0.1) is 5.92 Å². The second kappa shape index (κ2) is 1.73. The van der Waals surface area contributed by atoms with Crippen molar-refractivity contribution in [1.82, 2.24) is 0 Å². The van der Waals surface area contributed by atoms with Gasteiger partial charge in [-0.15, -0.1) is 0 Å². The summed E-state index contributed by atoms with van der Waals surface area (Å²) in [6, 6.07) is 0. The Balaban J connectivity index is 1.48. The first-order valence-electron chi connectivity index (χ1n) is 4.93. The van der Waals surface area contributed by atoms with Gasteiger partial charge in [0, 0.05) is 5.92 Å². The van der Waals surface area contributed by atoms with Gasteiger partial charge in [0.25, 0.3) is 0 Å². The molecule has 1 saturated carbocycles. The minimum atomic E-state index is 0.269. The van der Waals surface area contributed by atoms with E-state index in [1.807, 2.05) is 0 Å². The van der Waals surface area contributed by atoms with Crippen LogP contribution in [0.15, 0.2) is 0 Å². The standard InChI is InChI=1S/C10H16O2/c1-6-7(11-6)4-5-8-9(2)10(8,3)12-9/h6-8H,4-5H2,1-3H3. The first kappa shape index (κ1) is 7.34. The molecule has 12 heavy (non-hydrogen) atoms. The van der Waals surface area contributed by atoms with Crippen LogP contribution in [0.2, 0.25) is 0 Å². The molecule has 0 spiro atoms. The van der Waals surface area contributed by atoms with E-state index < -0.39 is 0 Å². The highest BCUT2D eigenvalue weighted by atomic mass is 16.7. The Morgan fingerprint density at radius 3 is 2.08 bits per heavy atom. The first-order valence-corrected chi connectivity index (χ1v) is 4.93. The summed E-state index contributed by atoms with van der Waals surface area (Å²) in [5.41, 5.74) is 0.538.